The molecular formula is C99H72Cl6N10O6. The van der Waals surface area contributed by atoms with Gasteiger partial charge in [0, 0.05) is 102 Å². The fourth-order valence-electron chi connectivity index (χ4n) is 17.3. The number of hydrogen-bond acceptors (Lipinski definition) is 13. The Morgan fingerprint density at radius 1 is 0.298 bits per heavy atom. The van der Waals surface area contributed by atoms with Crippen LogP contribution >= 0.6 is 69.6 Å². The second-order valence-corrected chi connectivity index (χ2v) is 32.9. The van der Waals surface area contributed by atoms with Gasteiger partial charge in [0.25, 0.3) is 17.7 Å². The number of amides is 3. The first-order chi connectivity index (χ1) is 58.5. The highest BCUT2D eigenvalue weighted by Gasteiger charge is 2.34. The molecule has 15 aromatic rings. The van der Waals surface area contributed by atoms with Crippen LogP contribution < -0.4 is 33.8 Å². The van der Waals surface area contributed by atoms with Crippen molar-refractivity contribution in [3.8, 4) is 50.6 Å². The molecule has 0 radical (unpaired) electrons. The van der Waals surface area contributed by atoms with Crippen LogP contribution in [0.2, 0.25) is 30.1 Å². The molecule has 22 heteroatoms. The number of carbonyl (C=O) groups is 3. The summed E-state index contributed by atoms with van der Waals surface area (Å²) >= 11 is 39.2. The van der Waals surface area contributed by atoms with Crippen LogP contribution in [0.15, 0.2) is 267 Å². The summed E-state index contributed by atoms with van der Waals surface area (Å²) in [4.78, 5) is 51.8. The van der Waals surface area contributed by atoms with E-state index in [4.69, 9.17) is 115 Å². The Kier molecular flexibility index (Phi) is 21.0. The van der Waals surface area contributed by atoms with Gasteiger partial charge >= 0.3 is 0 Å². The number of ether oxygens (including phenoxy) is 3. The summed E-state index contributed by atoms with van der Waals surface area (Å²) in [6.45, 7) is 5.73. The smallest absolute Gasteiger partial charge is 0.261 e. The summed E-state index contributed by atoms with van der Waals surface area (Å²) in [5.41, 5.74) is 22.5. The molecular weight excluding hydrogens is 1640 g/mol. The van der Waals surface area contributed by atoms with Crippen molar-refractivity contribution >= 4 is 188 Å². The van der Waals surface area contributed by atoms with Gasteiger partial charge in [-0.15, -0.1) is 15.3 Å². The van der Waals surface area contributed by atoms with Crippen LogP contribution in [-0.2, 0) is 19.3 Å². The average Bonchev–Trinajstić information content (AvgIpc) is 1.65. The highest BCUT2D eigenvalue weighted by molar-refractivity contribution is 6.33. The van der Waals surface area contributed by atoms with E-state index in [1.54, 1.807) is 54.0 Å². The monoisotopic (exact) mass is 1710 g/mol. The maximum atomic E-state index is 15.0. The van der Waals surface area contributed by atoms with E-state index in [1.165, 1.54) is 21.3 Å². The minimum absolute atomic E-state index is 0.254. The lowest BCUT2D eigenvalue weighted by Crippen LogP contribution is -2.27. The molecule has 0 fully saturated rings. The van der Waals surface area contributed by atoms with Crippen molar-refractivity contribution in [3.63, 3.8) is 0 Å². The first-order valence-electron chi connectivity index (χ1n) is 38.9. The molecule has 18 rings (SSSR count). The SMILES string of the molecule is COc1c(C(=O)N(C)c2ccc(Cl)cc2C)cc2ccc3c(c2c1N=Nc1ccc(N(c2ccc(N=Nc4c(OC)c(C(=O)N(C)c5ccc(Cl)cc5C)cc5ccc6c(c45)Cc4ccc(Cl)cc4-6)cc2)c2ccc(N=Nc4c(OC)c(C(=O)N(C)c5ccc(Cl)cc5C)cc5ccc6c(c45)Cc4ccc(Cl)cc4-6)cc2)cc1)Cc1ccc(Cl)cc1-3. The molecule has 3 aliphatic rings. The van der Waals surface area contributed by atoms with Gasteiger partial charge in [0.1, 0.15) is 17.1 Å². The average molecular weight is 1710 g/mol. The van der Waals surface area contributed by atoms with Crippen LogP contribution in [0, 0.1) is 20.8 Å². The fraction of sp³-hybridized carbons (Fsp3) is 0.121. The van der Waals surface area contributed by atoms with Crippen molar-refractivity contribution in [3.05, 3.63) is 333 Å². The van der Waals surface area contributed by atoms with E-state index in [1.807, 2.05) is 221 Å². The van der Waals surface area contributed by atoms with Gasteiger partial charge in [-0.2, -0.15) is 15.3 Å². The second kappa shape index (κ2) is 32.1. The Bertz CT molecular complexity index is 6360. The third kappa shape index (κ3) is 14.4. The fourth-order valence-corrected chi connectivity index (χ4v) is 18.5. The number of fused-ring (bicyclic) bond motifs is 15. The molecule has 0 unspecified atom stereocenters. The van der Waals surface area contributed by atoms with Gasteiger partial charge < -0.3 is 33.8 Å². The van der Waals surface area contributed by atoms with Crippen molar-refractivity contribution < 1.29 is 28.6 Å². The molecule has 0 saturated heterocycles. The maximum absolute atomic E-state index is 15.0. The molecule has 0 N–H and O–H groups in total. The van der Waals surface area contributed by atoms with Crippen LogP contribution in [0.5, 0.6) is 17.2 Å². The lowest BCUT2D eigenvalue weighted by molar-refractivity contribution is 0.0982. The Morgan fingerprint density at radius 3 is 0.810 bits per heavy atom. The van der Waals surface area contributed by atoms with E-state index in [0.717, 1.165) is 133 Å². The molecule has 0 spiro atoms. The Hall–Kier alpha value is -12.8. The summed E-state index contributed by atoms with van der Waals surface area (Å²) in [5, 5.41) is 38.4. The standard InChI is InChI=1S/C99H72Cl6N10O6/c1-52-40-61(100)19-37-85(52)112(4)97(116)82-46-58-13-34-73-76-49-64(103)16-10-55(76)43-79(73)88(58)91(94(82)119-7)109-106-67-22-28-70(29-23-67)115(71-30-24-68(25-31-71)107-110-92-89-59(14-35-74-77-50-65(104)17-11-56(77)44-80(74)89)47-83(95(92)120-8)98(117)113(5)86-38-20-62(101)41-53(86)2)72-32-26-69(27-33-72)108-111-93-90-60(15-36-75-78-51-66(105)18-12-57(78)45-81(75)90)48-84(96(93)121-9)99(118)114(6)87-39-21-63(102)42-54(87)3/h10-42,46-51H,43-45H2,1-9H3. The van der Waals surface area contributed by atoms with Gasteiger partial charge in [-0.3, -0.25) is 14.4 Å². The largest absolute Gasteiger partial charge is 0.494 e. The van der Waals surface area contributed by atoms with E-state index < -0.39 is 0 Å². The number of nitrogens with zero attached hydrogens (tertiary/aromatic N) is 10. The van der Waals surface area contributed by atoms with Crippen molar-refractivity contribution in [1.29, 1.82) is 0 Å². The first kappa shape index (κ1) is 79.4. The minimum atomic E-state index is -0.321. The molecule has 3 aliphatic carbocycles. The van der Waals surface area contributed by atoms with Gasteiger partial charge in [0.2, 0.25) is 0 Å². The molecule has 0 heterocycles. The van der Waals surface area contributed by atoms with Crippen molar-refractivity contribution in [2.75, 3.05) is 62.1 Å². The zero-order valence-corrected chi connectivity index (χ0v) is 71.4. The molecule has 121 heavy (non-hydrogen) atoms. The van der Waals surface area contributed by atoms with Gasteiger partial charge in [-0.1, -0.05) is 124 Å². The maximum Gasteiger partial charge on any atom is 0.261 e. The highest BCUT2D eigenvalue weighted by atomic mass is 35.5. The number of benzene rings is 15. The normalized spacial score (nSPS) is 12.3. The molecule has 0 aromatic heterocycles. The topological polar surface area (TPSA) is 166 Å². The second-order valence-electron chi connectivity index (χ2n) is 30.3. The molecule has 0 aliphatic heterocycles. The number of carbonyl (C=O) groups excluding carboxylic acids is 3. The Morgan fingerprint density at radius 2 is 0.554 bits per heavy atom. The third-order valence-corrected chi connectivity index (χ3v) is 24.5. The van der Waals surface area contributed by atoms with E-state index in [9.17, 15) is 14.4 Å². The molecule has 596 valence electrons. The molecule has 0 saturated carbocycles. The van der Waals surface area contributed by atoms with Crippen molar-refractivity contribution in [1.82, 2.24) is 0 Å². The van der Waals surface area contributed by atoms with Gasteiger partial charge in [0.15, 0.2) is 17.2 Å². The van der Waals surface area contributed by atoms with Gasteiger partial charge in [-0.25, -0.2) is 0 Å². The first-order valence-corrected chi connectivity index (χ1v) is 41.1. The van der Waals surface area contributed by atoms with Crippen LogP contribution in [0.1, 0.15) is 81.1 Å². The molecule has 16 nitrogen and oxygen atoms in total. The van der Waals surface area contributed by atoms with Crippen LogP contribution in [0.3, 0.4) is 0 Å². The third-order valence-electron chi connectivity index (χ3n) is 23.1. The predicted octanol–water partition coefficient (Wildman–Crippen LogP) is 29.3. The Labute approximate surface area is 728 Å². The minimum Gasteiger partial charge on any atom is -0.494 e. The molecule has 3 amide bonds. The van der Waals surface area contributed by atoms with Gasteiger partial charge in [0.05, 0.1) is 55.1 Å². The summed E-state index contributed by atoms with van der Waals surface area (Å²) in [6, 6.07) is 74.8. The molecule has 0 bridgehead atoms. The number of hydrogen-bond donors (Lipinski definition) is 0. The van der Waals surface area contributed by atoms with Crippen LogP contribution in [-0.4, -0.2) is 60.2 Å². The zero-order chi connectivity index (χ0) is 84.1. The number of methoxy groups -OCH3 is 3. The van der Waals surface area contributed by atoms with Crippen LogP contribution in [0.25, 0.3) is 65.7 Å². The van der Waals surface area contributed by atoms with Crippen molar-refractivity contribution in [2.24, 2.45) is 30.7 Å². The van der Waals surface area contributed by atoms with E-state index >= 15 is 0 Å². The summed E-state index contributed by atoms with van der Waals surface area (Å²) in [5.74, 6) is -0.201. The number of rotatable bonds is 18. The molecule has 0 atom stereocenters. The number of aryl methyl sites for hydroxylation is 3. The predicted molar refractivity (Wildman–Crippen MR) is 492 cm³/mol. The summed E-state index contributed by atoms with van der Waals surface area (Å²) in [7, 11) is 9.80. The quantitative estimate of drug-likeness (QED) is 0.0771. The Balaban J connectivity index is 0.746. The number of azo groups is 3. The van der Waals surface area contributed by atoms with E-state index in [2.05, 4.69) is 23.1 Å². The number of halogens is 6. The van der Waals surface area contributed by atoms with Gasteiger partial charge in [-0.05, 0) is 322 Å². The lowest BCUT2D eigenvalue weighted by atomic mass is 9.95. The van der Waals surface area contributed by atoms with E-state index in [0.29, 0.717) is 101 Å². The summed E-state index contributed by atoms with van der Waals surface area (Å²) < 4.78 is 18.9. The molecule has 15 aromatic carbocycles. The van der Waals surface area contributed by atoms with Crippen molar-refractivity contribution in [2.45, 2.75) is 40.0 Å². The van der Waals surface area contributed by atoms with Crippen LogP contribution in [0.4, 0.5) is 68.2 Å². The highest BCUT2D eigenvalue weighted by Crippen LogP contribution is 2.54. The van der Waals surface area contributed by atoms with E-state index in [-0.39, 0.29) is 51.7 Å². The lowest BCUT2D eigenvalue weighted by Gasteiger charge is -2.25. The zero-order valence-electron chi connectivity index (χ0n) is 66.8. The summed E-state index contributed by atoms with van der Waals surface area (Å²) in [6.07, 6.45) is 1.75. The number of anilines is 6.